The van der Waals surface area contributed by atoms with E-state index >= 15 is 0 Å². The molecule has 0 bridgehead atoms. The highest BCUT2D eigenvalue weighted by Gasteiger charge is 2.31. The van der Waals surface area contributed by atoms with Crippen molar-refractivity contribution in [2.24, 2.45) is 13.0 Å². The van der Waals surface area contributed by atoms with Gasteiger partial charge in [0.2, 0.25) is 10.0 Å². The third kappa shape index (κ3) is 3.76. The van der Waals surface area contributed by atoms with Crippen molar-refractivity contribution in [3.05, 3.63) is 47.2 Å². The Balaban J connectivity index is 1.68. The normalized spacial score (nSPS) is 16.4. The maximum atomic E-state index is 13.2. The fourth-order valence-electron chi connectivity index (χ4n) is 3.65. The molecule has 0 aliphatic carbocycles. The Hall–Kier alpha value is -2.03. The van der Waals surface area contributed by atoms with Gasteiger partial charge < -0.3 is 4.57 Å². The van der Waals surface area contributed by atoms with Crippen LogP contribution < -0.4 is 0 Å². The van der Waals surface area contributed by atoms with Crippen LogP contribution in [0, 0.1) is 18.7 Å². The Morgan fingerprint density at radius 2 is 1.83 bits per heavy atom. The smallest absolute Gasteiger partial charge is 0.244 e. The lowest BCUT2D eigenvalue weighted by Gasteiger charge is -2.29. The zero-order valence-electron chi connectivity index (χ0n) is 16.7. The number of benzene rings is 1. The molecule has 8 heteroatoms. The summed E-state index contributed by atoms with van der Waals surface area (Å²) in [6.45, 7) is 5.13. The van der Waals surface area contributed by atoms with Crippen LogP contribution in [-0.4, -0.2) is 35.4 Å². The minimum absolute atomic E-state index is 0.288. The van der Waals surface area contributed by atoms with Gasteiger partial charge in [0.15, 0.2) is 0 Å². The quantitative estimate of drug-likeness (QED) is 0.600. The first kappa shape index (κ1) is 20.3. The van der Waals surface area contributed by atoms with Gasteiger partial charge >= 0.3 is 0 Å². The molecule has 1 aliphatic rings. The van der Waals surface area contributed by atoms with Gasteiger partial charge in [-0.05, 0) is 56.0 Å². The van der Waals surface area contributed by atoms with Crippen molar-refractivity contribution >= 4 is 21.4 Å². The number of rotatable bonds is 4. The molecule has 154 valence electrons. The zero-order valence-corrected chi connectivity index (χ0v) is 18.4. The summed E-state index contributed by atoms with van der Waals surface area (Å²) in [6, 6.07) is 7.93. The molecule has 0 unspecified atom stereocenters. The summed E-state index contributed by atoms with van der Waals surface area (Å²) < 4.78 is 43.1. The highest BCUT2D eigenvalue weighted by atomic mass is 32.2. The topological polar surface area (TPSA) is 55.2 Å². The molecule has 0 amide bonds. The highest BCUT2D eigenvalue weighted by Crippen LogP contribution is 2.34. The number of aromatic nitrogens is 2. The number of halogens is 1. The second-order valence-corrected chi connectivity index (χ2v) is 10.4. The van der Waals surface area contributed by atoms with Crippen LogP contribution in [0.5, 0.6) is 0 Å². The standard InChI is InChI=1S/C21H24FN3O2S2/c1-14-8-10-25(11-9-14)29(26,27)20-12-19(24(3)15(20)2)21-23-18(13-28-21)16-4-6-17(22)7-5-16/h4-7,12-14H,8-11H2,1-3H3. The Morgan fingerprint density at radius 1 is 1.17 bits per heavy atom. The van der Waals surface area contributed by atoms with Gasteiger partial charge in [0.25, 0.3) is 0 Å². The average molecular weight is 434 g/mol. The van der Waals surface area contributed by atoms with Crippen LogP contribution in [0.25, 0.3) is 22.0 Å². The second kappa shape index (κ2) is 7.66. The molecular weight excluding hydrogens is 409 g/mol. The third-order valence-corrected chi connectivity index (χ3v) is 8.59. The zero-order chi connectivity index (χ0) is 20.8. The Labute approximate surface area is 174 Å². The SMILES string of the molecule is Cc1c(S(=O)(=O)N2CCC(C)CC2)cc(-c2nc(-c3ccc(F)cc3)cs2)n1C. The summed E-state index contributed by atoms with van der Waals surface area (Å²) >= 11 is 1.45. The van der Waals surface area contributed by atoms with Crippen molar-refractivity contribution in [1.29, 1.82) is 0 Å². The number of hydrogen-bond acceptors (Lipinski definition) is 4. The number of hydrogen-bond donors (Lipinski definition) is 0. The molecule has 1 aliphatic heterocycles. The van der Waals surface area contributed by atoms with Gasteiger partial charge in [-0.2, -0.15) is 4.31 Å². The van der Waals surface area contributed by atoms with E-state index < -0.39 is 10.0 Å². The second-order valence-electron chi connectivity index (χ2n) is 7.67. The van der Waals surface area contributed by atoms with Crippen molar-refractivity contribution in [3.63, 3.8) is 0 Å². The highest BCUT2D eigenvalue weighted by molar-refractivity contribution is 7.89. The summed E-state index contributed by atoms with van der Waals surface area (Å²) in [6.07, 6.45) is 1.79. The molecule has 3 aromatic rings. The van der Waals surface area contributed by atoms with Crippen molar-refractivity contribution in [3.8, 4) is 22.0 Å². The lowest BCUT2D eigenvalue weighted by atomic mass is 10.0. The molecule has 5 nitrogen and oxygen atoms in total. The molecule has 3 heterocycles. The van der Waals surface area contributed by atoms with E-state index in [0.29, 0.717) is 29.6 Å². The predicted octanol–water partition coefficient (Wildman–Crippen LogP) is 4.68. The van der Waals surface area contributed by atoms with Gasteiger partial charge in [0, 0.05) is 36.8 Å². The Kier molecular flexibility index (Phi) is 5.35. The third-order valence-electron chi connectivity index (χ3n) is 5.71. The van der Waals surface area contributed by atoms with Crippen LogP contribution in [0.4, 0.5) is 4.39 Å². The van der Waals surface area contributed by atoms with E-state index in [1.165, 1.54) is 23.5 Å². The monoisotopic (exact) mass is 433 g/mol. The average Bonchev–Trinajstić information content (AvgIpc) is 3.29. The first-order chi connectivity index (χ1) is 13.8. The largest absolute Gasteiger partial charge is 0.345 e. The summed E-state index contributed by atoms with van der Waals surface area (Å²) in [4.78, 5) is 5.02. The van der Waals surface area contributed by atoms with Gasteiger partial charge in [-0.1, -0.05) is 6.92 Å². The van der Waals surface area contributed by atoms with Gasteiger partial charge in [-0.3, -0.25) is 0 Å². The van der Waals surface area contributed by atoms with Crippen LogP contribution in [0.2, 0.25) is 0 Å². The van der Waals surface area contributed by atoms with Crippen LogP contribution >= 0.6 is 11.3 Å². The number of sulfonamides is 1. The first-order valence-corrected chi connectivity index (χ1v) is 12.0. The molecule has 0 atom stereocenters. The van der Waals surface area contributed by atoms with E-state index in [2.05, 4.69) is 11.9 Å². The molecule has 1 saturated heterocycles. The minimum Gasteiger partial charge on any atom is -0.345 e. The van der Waals surface area contributed by atoms with Crippen LogP contribution in [-0.2, 0) is 17.1 Å². The molecule has 1 fully saturated rings. The number of nitrogens with zero attached hydrogens (tertiary/aromatic N) is 3. The van der Waals surface area contributed by atoms with E-state index in [9.17, 15) is 12.8 Å². The summed E-state index contributed by atoms with van der Waals surface area (Å²) in [5, 5.41) is 2.65. The molecular formula is C21H24FN3O2S2. The van der Waals surface area contributed by atoms with Crippen molar-refractivity contribution in [1.82, 2.24) is 13.9 Å². The van der Waals surface area contributed by atoms with Crippen molar-refractivity contribution in [2.75, 3.05) is 13.1 Å². The molecule has 0 saturated carbocycles. The number of piperidine rings is 1. The van der Waals surface area contributed by atoms with Gasteiger partial charge in [0.05, 0.1) is 11.4 Å². The molecule has 0 spiro atoms. The summed E-state index contributed by atoms with van der Waals surface area (Å²) in [7, 11) is -1.67. The molecule has 1 aromatic carbocycles. The number of thiazole rings is 1. The van der Waals surface area contributed by atoms with E-state index in [1.54, 1.807) is 22.5 Å². The van der Waals surface area contributed by atoms with E-state index in [4.69, 9.17) is 0 Å². The van der Waals surface area contributed by atoms with Crippen LogP contribution in [0.1, 0.15) is 25.5 Å². The maximum absolute atomic E-state index is 13.2. The maximum Gasteiger partial charge on any atom is 0.244 e. The lowest BCUT2D eigenvalue weighted by Crippen LogP contribution is -2.38. The summed E-state index contributed by atoms with van der Waals surface area (Å²) in [5.74, 6) is 0.276. The van der Waals surface area contributed by atoms with E-state index in [-0.39, 0.29) is 5.82 Å². The van der Waals surface area contributed by atoms with Crippen molar-refractivity contribution in [2.45, 2.75) is 31.6 Å². The van der Waals surface area contributed by atoms with E-state index in [0.717, 1.165) is 34.8 Å². The van der Waals surface area contributed by atoms with Crippen LogP contribution in [0.15, 0.2) is 40.6 Å². The Bertz CT molecular complexity index is 1130. The van der Waals surface area contributed by atoms with Gasteiger partial charge in [-0.15, -0.1) is 11.3 Å². The molecule has 2 aromatic heterocycles. The lowest BCUT2D eigenvalue weighted by molar-refractivity contribution is 0.288. The Morgan fingerprint density at radius 3 is 2.48 bits per heavy atom. The molecule has 29 heavy (non-hydrogen) atoms. The minimum atomic E-state index is -3.53. The summed E-state index contributed by atoms with van der Waals surface area (Å²) in [5.41, 5.74) is 3.05. The van der Waals surface area contributed by atoms with Gasteiger partial charge in [-0.25, -0.2) is 17.8 Å². The fraction of sp³-hybridized carbons (Fsp3) is 0.381. The predicted molar refractivity (Wildman–Crippen MR) is 114 cm³/mol. The fourth-order valence-corrected chi connectivity index (χ4v) is 6.27. The van der Waals surface area contributed by atoms with Crippen LogP contribution in [0.3, 0.4) is 0 Å². The van der Waals surface area contributed by atoms with Crippen molar-refractivity contribution < 1.29 is 12.8 Å². The van der Waals surface area contributed by atoms with Gasteiger partial charge in [0.1, 0.15) is 15.7 Å². The molecule has 0 radical (unpaired) electrons. The van der Waals surface area contributed by atoms with E-state index in [1.807, 2.05) is 23.9 Å². The molecule has 4 rings (SSSR count). The molecule has 0 N–H and O–H groups in total. The first-order valence-electron chi connectivity index (χ1n) is 9.65.